The van der Waals surface area contributed by atoms with E-state index in [-0.39, 0.29) is 0 Å². The van der Waals surface area contributed by atoms with E-state index in [0.29, 0.717) is 6.04 Å². The van der Waals surface area contributed by atoms with Gasteiger partial charge in [-0.2, -0.15) is 0 Å². The minimum Gasteiger partial charge on any atom is -0.466 e. The summed E-state index contributed by atoms with van der Waals surface area (Å²) >= 11 is 3.59. The first-order chi connectivity index (χ1) is 8.81. The number of nitrogens with one attached hydrogen (secondary N) is 1. The lowest BCUT2D eigenvalue weighted by atomic mass is 9.84. The molecule has 1 fully saturated rings. The molecule has 1 heterocycles. The molecule has 1 aliphatic carbocycles. The summed E-state index contributed by atoms with van der Waals surface area (Å²) in [5.74, 6) is 1.94. The zero-order chi connectivity index (χ0) is 12.8. The van der Waals surface area contributed by atoms with Crippen molar-refractivity contribution in [3.8, 4) is 0 Å². The van der Waals surface area contributed by atoms with Gasteiger partial charge in [-0.15, -0.1) is 0 Å². The van der Waals surface area contributed by atoms with Crippen molar-refractivity contribution < 1.29 is 4.42 Å². The zero-order valence-electron chi connectivity index (χ0n) is 11.3. The Morgan fingerprint density at radius 3 is 2.78 bits per heavy atom. The molecule has 0 aromatic carbocycles. The fraction of sp³-hybridized carbons (Fsp3) is 0.733. The summed E-state index contributed by atoms with van der Waals surface area (Å²) in [7, 11) is 0. The van der Waals surface area contributed by atoms with Crippen LogP contribution in [0.2, 0.25) is 0 Å². The van der Waals surface area contributed by atoms with E-state index in [0.717, 1.165) is 22.7 Å². The van der Waals surface area contributed by atoms with E-state index in [1.165, 1.54) is 44.9 Å². The molecule has 1 aliphatic rings. The average Bonchev–Trinajstić information content (AvgIpc) is 2.82. The highest BCUT2D eigenvalue weighted by atomic mass is 79.9. The molecule has 2 rings (SSSR count). The molecule has 0 aliphatic heterocycles. The lowest BCUT2D eigenvalue weighted by molar-refractivity contribution is 0.279. The molecule has 2 nitrogen and oxygen atoms in total. The average molecular weight is 314 g/mol. The Morgan fingerprint density at radius 2 is 2.17 bits per heavy atom. The van der Waals surface area contributed by atoms with Crippen molar-refractivity contribution in [1.82, 2.24) is 5.32 Å². The minimum atomic E-state index is 0.373. The van der Waals surface area contributed by atoms with Crippen LogP contribution in [0.4, 0.5) is 0 Å². The number of halogens is 1. The number of rotatable bonds is 6. The third-order valence-electron chi connectivity index (χ3n) is 3.90. The summed E-state index contributed by atoms with van der Waals surface area (Å²) < 4.78 is 6.76. The Balaban J connectivity index is 1.98. The third-order valence-corrected chi connectivity index (χ3v) is 4.55. The van der Waals surface area contributed by atoms with Crippen LogP contribution >= 0.6 is 15.9 Å². The first kappa shape index (κ1) is 14.1. The highest BCUT2D eigenvalue weighted by Crippen LogP contribution is 2.34. The van der Waals surface area contributed by atoms with Gasteiger partial charge in [0, 0.05) is 0 Å². The third kappa shape index (κ3) is 3.86. The summed E-state index contributed by atoms with van der Waals surface area (Å²) in [5, 5.41) is 3.64. The van der Waals surface area contributed by atoms with Crippen molar-refractivity contribution in [2.75, 3.05) is 6.54 Å². The van der Waals surface area contributed by atoms with Crippen LogP contribution in [0.1, 0.15) is 63.7 Å². The van der Waals surface area contributed by atoms with Crippen molar-refractivity contribution in [2.24, 2.45) is 5.92 Å². The molecular formula is C15H24BrNO. The van der Waals surface area contributed by atoms with E-state index in [9.17, 15) is 0 Å². The SMILES string of the molecule is CCCNC(CC1CCCCC1)c1occc1Br. The first-order valence-corrected chi connectivity index (χ1v) is 8.06. The van der Waals surface area contributed by atoms with Crippen molar-refractivity contribution in [3.05, 3.63) is 22.6 Å². The normalized spacial score (nSPS) is 19.0. The summed E-state index contributed by atoms with van der Waals surface area (Å²) in [6.45, 7) is 3.27. The lowest BCUT2D eigenvalue weighted by Gasteiger charge is -2.26. The predicted molar refractivity (Wildman–Crippen MR) is 78.6 cm³/mol. The molecule has 1 aromatic rings. The second-order valence-electron chi connectivity index (χ2n) is 5.38. The van der Waals surface area contributed by atoms with Gasteiger partial charge >= 0.3 is 0 Å². The molecule has 0 amide bonds. The van der Waals surface area contributed by atoms with Gasteiger partial charge in [0.15, 0.2) is 0 Å². The van der Waals surface area contributed by atoms with Crippen molar-refractivity contribution in [2.45, 2.75) is 57.9 Å². The van der Waals surface area contributed by atoms with Crippen LogP contribution in [0.3, 0.4) is 0 Å². The molecule has 0 radical (unpaired) electrons. The van der Waals surface area contributed by atoms with E-state index in [1.807, 2.05) is 6.07 Å². The molecule has 18 heavy (non-hydrogen) atoms. The van der Waals surface area contributed by atoms with Gasteiger partial charge in [0.05, 0.1) is 16.8 Å². The molecule has 0 saturated heterocycles. The summed E-state index contributed by atoms with van der Waals surface area (Å²) in [4.78, 5) is 0. The second-order valence-corrected chi connectivity index (χ2v) is 6.23. The van der Waals surface area contributed by atoms with Gasteiger partial charge in [0.25, 0.3) is 0 Å². The topological polar surface area (TPSA) is 25.2 Å². The van der Waals surface area contributed by atoms with Crippen molar-refractivity contribution in [1.29, 1.82) is 0 Å². The summed E-state index contributed by atoms with van der Waals surface area (Å²) in [6, 6.07) is 2.37. The first-order valence-electron chi connectivity index (χ1n) is 7.27. The van der Waals surface area contributed by atoms with Gasteiger partial charge < -0.3 is 9.73 Å². The maximum absolute atomic E-state index is 5.66. The Labute approximate surface area is 119 Å². The Morgan fingerprint density at radius 1 is 1.39 bits per heavy atom. The van der Waals surface area contributed by atoms with Gasteiger partial charge in [0.1, 0.15) is 5.76 Å². The molecule has 102 valence electrons. The second kappa shape index (κ2) is 7.34. The summed E-state index contributed by atoms with van der Waals surface area (Å²) in [5.41, 5.74) is 0. The van der Waals surface area contributed by atoms with Crippen molar-refractivity contribution in [3.63, 3.8) is 0 Å². The molecule has 1 unspecified atom stereocenters. The monoisotopic (exact) mass is 313 g/mol. The standard InChI is InChI=1S/C15H24BrNO/c1-2-9-17-14(15-13(16)8-10-18-15)11-12-6-4-3-5-7-12/h8,10,12,14,17H,2-7,9,11H2,1H3. The van der Waals surface area contributed by atoms with Crippen LogP contribution in [-0.2, 0) is 0 Å². The number of hydrogen-bond donors (Lipinski definition) is 1. The maximum Gasteiger partial charge on any atom is 0.134 e. The van der Waals surface area contributed by atoms with E-state index in [1.54, 1.807) is 6.26 Å². The largest absolute Gasteiger partial charge is 0.466 e. The molecule has 0 spiro atoms. The number of furan rings is 1. The zero-order valence-corrected chi connectivity index (χ0v) is 12.8. The molecule has 1 N–H and O–H groups in total. The lowest BCUT2D eigenvalue weighted by Crippen LogP contribution is -2.25. The fourth-order valence-electron chi connectivity index (χ4n) is 2.91. The Kier molecular flexibility index (Phi) is 5.77. The molecule has 0 bridgehead atoms. The molecule has 1 aromatic heterocycles. The predicted octanol–water partition coefficient (Wildman–Crippen LogP) is 5.05. The van der Waals surface area contributed by atoms with Gasteiger partial charge in [-0.05, 0) is 47.3 Å². The van der Waals surface area contributed by atoms with Crippen LogP contribution in [0.15, 0.2) is 21.2 Å². The fourth-order valence-corrected chi connectivity index (χ4v) is 3.39. The molecule has 1 atom stereocenters. The minimum absolute atomic E-state index is 0.373. The van der Waals surface area contributed by atoms with E-state index in [2.05, 4.69) is 28.2 Å². The van der Waals surface area contributed by atoms with E-state index in [4.69, 9.17) is 4.42 Å². The number of hydrogen-bond acceptors (Lipinski definition) is 2. The smallest absolute Gasteiger partial charge is 0.134 e. The van der Waals surface area contributed by atoms with Gasteiger partial charge in [-0.1, -0.05) is 39.0 Å². The van der Waals surface area contributed by atoms with Crippen molar-refractivity contribution >= 4 is 15.9 Å². The molecule has 3 heteroatoms. The van der Waals surface area contributed by atoms with Crippen LogP contribution < -0.4 is 5.32 Å². The van der Waals surface area contributed by atoms with E-state index < -0.39 is 0 Å². The van der Waals surface area contributed by atoms with Crippen LogP contribution in [0.25, 0.3) is 0 Å². The Hall–Kier alpha value is -0.280. The van der Waals surface area contributed by atoms with Gasteiger partial charge in [0.2, 0.25) is 0 Å². The molecular weight excluding hydrogens is 290 g/mol. The van der Waals surface area contributed by atoms with Gasteiger partial charge in [-0.3, -0.25) is 0 Å². The van der Waals surface area contributed by atoms with Gasteiger partial charge in [-0.25, -0.2) is 0 Å². The maximum atomic E-state index is 5.66. The van der Waals surface area contributed by atoms with E-state index >= 15 is 0 Å². The highest BCUT2D eigenvalue weighted by molar-refractivity contribution is 9.10. The Bertz CT molecular complexity index is 344. The van der Waals surface area contributed by atoms with Crippen LogP contribution in [-0.4, -0.2) is 6.54 Å². The van der Waals surface area contributed by atoms with Crippen LogP contribution in [0, 0.1) is 5.92 Å². The highest BCUT2D eigenvalue weighted by Gasteiger charge is 2.23. The molecule has 1 saturated carbocycles. The quantitative estimate of drug-likeness (QED) is 0.794. The van der Waals surface area contributed by atoms with Crippen LogP contribution in [0.5, 0.6) is 0 Å². The summed E-state index contributed by atoms with van der Waals surface area (Å²) in [6.07, 6.45) is 11.2.